The number of nitrogens with zero attached hydrogens (tertiary/aromatic N) is 1. The van der Waals surface area contributed by atoms with E-state index in [4.69, 9.17) is 0 Å². The summed E-state index contributed by atoms with van der Waals surface area (Å²) < 4.78 is 25.0. The third kappa shape index (κ3) is 3.05. The molecule has 1 amide bonds. The quantitative estimate of drug-likeness (QED) is 0.930. The standard InChI is InChI=1S/C15H20N2O3S/c1-21(19,20)16-13-6-7-14-12(10-13)8-9-17(14)15(18)11-4-2-3-5-11/h6-7,10-11,16H,2-5,8-9H2,1H3. The fourth-order valence-corrected chi connectivity index (χ4v) is 3.86. The third-order valence-corrected chi connectivity index (χ3v) is 4.86. The van der Waals surface area contributed by atoms with Crippen molar-refractivity contribution in [3.8, 4) is 0 Å². The van der Waals surface area contributed by atoms with Crippen LogP contribution in [0.25, 0.3) is 0 Å². The van der Waals surface area contributed by atoms with Crippen LogP contribution < -0.4 is 9.62 Å². The number of carbonyl (C=O) groups excluding carboxylic acids is 1. The van der Waals surface area contributed by atoms with Gasteiger partial charge < -0.3 is 4.90 Å². The molecule has 1 fully saturated rings. The highest BCUT2D eigenvalue weighted by molar-refractivity contribution is 7.92. The molecule has 114 valence electrons. The number of fused-ring (bicyclic) bond motifs is 1. The van der Waals surface area contributed by atoms with E-state index in [1.165, 1.54) is 0 Å². The Hall–Kier alpha value is -1.56. The molecule has 0 bridgehead atoms. The number of hydrogen-bond acceptors (Lipinski definition) is 3. The van der Waals surface area contributed by atoms with Gasteiger partial charge in [-0.3, -0.25) is 9.52 Å². The summed E-state index contributed by atoms with van der Waals surface area (Å²) in [6.07, 6.45) is 6.21. The van der Waals surface area contributed by atoms with Crippen LogP contribution in [0.15, 0.2) is 18.2 Å². The second-order valence-corrected chi connectivity index (χ2v) is 7.69. The van der Waals surface area contributed by atoms with E-state index in [2.05, 4.69) is 4.72 Å². The Bertz CT molecular complexity index is 663. The topological polar surface area (TPSA) is 66.5 Å². The van der Waals surface area contributed by atoms with Gasteiger partial charge in [0.1, 0.15) is 0 Å². The van der Waals surface area contributed by atoms with E-state index in [9.17, 15) is 13.2 Å². The first-order valence-electron chi connectivity index (χ1n) is 7.36. The molecule has 1 heterocycles. The minimum Gasteiger partial charge on any atom is -0.312 e. The highest BCUT2D eigenvalue weighted by Gasteiger charge is 2.31. The van der Waals surface area contributed by atoms with Crippen LogP contribution in [-0.4, -0.2) is 27.1 Å². The van der Waals surface area contributed by atoms with Gasteiger partial charge in [0.15, 0.2) is 0 Å². The molecule has 0 radical (unpaired) electrons. The van der Waals surface area contributed by atoms with Crippen molar-refractivity contribution >= 4 is 27.3 Å². The smallest absolute Gasteiger partial charge is 0.230 e. The second kappa shape index (κ2) is 5.33. The van der Waals surface area contributed by atoms with Crippen molar-refractivity contribution in [2.75, 3.05) is 22.4 Å². The van der Waals surface area contributed by atoms with Crippen molar-refractivity contribution in [1.29, 1.82) is 0 Å². The maximum atomic E-state index is 12.5. The molecule has 0 aromatic heterocycles. The van der Waals surface area contributed by atoms with Crippen LogP contribution in [-0.2, 0) is 21.2 Å². The lowest BCUT2D eigenvalue weighted by atomic mass is 10.1. The number of amides is 1. The average Bonchev–Trinajstić information content (AvgIpc) is 3.05. The summed E-state index contributed by atoms with van der Waals surface area (Å²) in [4.78, 5) is 14.4. The lowest BCUT2D eigenvalue weighted by Crippen LogP contribution is -2.33. The summed E-state index contributed by atoms with van der Waals surface area (Å²) in [6.45, 7) is 0.701. The Morgan fingerprint density at radius 1 is 1.29 bits per heavy atom. The molecule has 5 nitrogen and oxygen atoms in total. The summed E-state index contributed by atoms with van der Waals surface area (Å²) in [5.41, 5.74) is 2.53. The Labute approximate surface area is 125 Å². The van der Waals surface area contributed by atoms with E-state index >= 15 is 0 Å². The van der Waals surface area contributed by atoms with Crippen molar-refractivity contribution in [3.63, 3.8) is 0 Å². The third-order valence-electron chi connectivity index (χ3n) is 4.25. The van der Waals surface area contributed by atoms with Gasteiger partial charge in [0.2, 0.25) is 15.9 Å². The van der Waals surface area contributed by atoms with Crippen molar-refractivity contribution in [2.24, 2.45) is 5.92 Å². The zero-order valence-electron chi connectivity index (χ0n) is 12.1. The van der Waals surface area contributed by atoms with Crippen LogP contribution in [0.4, 0.5) is 11.4 Å². The Morgan fingerprint density at radius 3 is 2.67 bits per heavy atom. The molecule has 2 aliphatic rings. The van der Waals surface area contributed by atoms with Gasteiger partial charge in [-0.05, 0) is 43.0 Å². The van der Waals surface area contributed by atoms with E-state index in [1.54, 1.807) is 6.07 Å². The molecule has 6 heteroatoms. The number of benzene rings is 1. The number of hydrogen-bond donors (Lipinski definition) is 1. The zero-order chi connectivity index (χ0) is 15.0. The second-order valence-electron chi connectivity index (χ2n) is 5.94. The molecule has 1 aliphatic heterocycles. The van der Waals surface area contributed by atoms with Crippen molar-refractivity contribution in [2.45, 2.75) is 32.1 Å². The van der Waals surface area contributed by atoms with E-state index in [-0.39, 0.29) is 11.8 Å². The maximum Gasteiger partial charge on any atom is 0.230 e. The first kappa shape index (κ1) is 14.4. The Kier molecular flexibility index (Phi) is 3.65. The molecule has 1 saturated carbocycles. The van der Waals surface area contributed by atoms with Crippen molar-refractivity contribution in [3.05, 3.63) is 23.8 Å². The van der Waals surface area contributed by atoms with Gasteiger partial charge >= 0.3 is 0 Å². The minimum absolute atomic E-state index is 0.171. The van der Waals surface area contributed by atoms with Gasteiger partial charge in [-0.15, -0.1) is 0 Å². The Morgan fingerprint density at radius 2 is 2.00 bits per heavy atom. The van der Waals surface area contributed by atoms with Gasteiger partial charge in [0.25, 0.3) is 0 Å². The molecule has 3 rings (SSSR count). The first-order valence-corrected chi connectivity index (χ1v) is 9.25. The van der Waals surface area contributed by atoms with Gasteiger partial charge in [-0.2, -0.15) is 0 Å². The summed E-state index contributed by atoms with van der Waals surface area (Å²) in [5, 5.41) is 0. The van der Waals surface area contributed by atoms with Crippen LogP contribution in [0.1, 0.15) is 31.2 Å². The highest BCUT2D eigenvalue weighted by Crippen LogP contribution is 2.34. The molecule has 21 heavy (non-hydrogen) atoms. The maximum absolute atomic E-state index is 12.5. The summed E-state index contributed by atoms with van der Waals surface area (Å²) in [5.74, 6) is 0.403. The van der Waals surface area contributed by atoms with Gasteiger partial charge in [0.05, 0.1) is 6.26 Å². The molecule has 0 atom stereocenters. The average molecular weight is 308 g/mol. The molecule has 1 aromatic carbocycles. The molecular formula is C15H20N2O3S. The molecule has 0 saturated heterocycles. The molecule has 1 aliphatic carbocycles. The van der Waals surface area contributed by atoms with E-state index in [0.29, 0.717) is 12.2 Å². The van der Waals surface area contributed by atoms with Crippen LogP contribution in [0.3, 0.4) is 0 Å². The largest absolute Gasteiger partial charge is 0.312 e. The van der Waals surface area contributed by atoms with Crippen LogP contribution in [0.2, 0.25) is 0 Å². The van der Waals surface area contributed by atoms with Gasteiger partial charge in [0, 0.05) is 23.8 Å². The predicted molar refractivity (Wildman–Crippen MR) is 82.9 cm³/mol. The van der Waals surface area contributed by atoms with Crippen molar-refractivity contribution < 1.29 is 13.2 Å². The SMILES string of the molecule is CS(=O)(=O)Nc1ccc2c(c1)CCN2C(=O)C1CCCC1. The normalized spacial score (nSPS) is 18.8. The highest BCUT2D eigenvalue weighted by atomic mass is 32.2. The fourth-order valence-electron chi connectivity index (χ4n) is 3.30. The van der Waals surface area contributed by atoms with Crippen molar-refractivity contribution in [1.82, 2.24) is 0 Å². The zero-order valence-corrected chi connectivity index (χ0v) is 12.9. The molecular weight excluding hydrogens is 288 g/mol. The number of carbonyl (C=O) groups is 1. The number of nitrogens with one attached hydrogen (secondary N) is 1. The lowest BCUT2D eigenvalue weighted by molar-refractivity contribution is -0.122. The molecule has 1 N–H and O–H groups in total. The molecule has 0 unspecified atom stereocenters. The molecule has 1 aromatic rings. The summed E-state index contributed by atoms with van der Waals surface area (Å²) in [7, 11) is -3.27. The Balaban J connectivity index is 1.81. The number of rotatable bonds is 3. The van der Waals surface area contributed by atoms with E-state index < -0.39 is 10.0 Å². The van der Waals surface area contributed by atoms with Gasteiger partial charge in [-0.25, -0.2) is 8.42 Å². The monoisotopic (exact) mass is 308 g/mol. The molecule has 0 spiro atoms. The fraction of sp³-hybridized carbons (Fsp3) is 0.533. The predicted octanol–water partition coefficient (Wildman–Crippen LogP) is 2.14. The first-order chi connectivity index (χ1) is 9.94. The van der Waals surface area contributed by atoms with Crippen LogP contribution in [0, 0.1) is 5.92 Å². The van der Waals surface area contributed by atoms with E-state index in [0.717, 1.165) is 49.6 Å². The lowest BCUT2D eigenvalue weighted by Gasteiger charge is -2.21. The number of anilines is 2. The van der Waals surface area contributed by atoms with E-state index in [1.807, 2.05) is 17.0 Å². The van der Waals surface area contributed by atoms with Gasteiger partial charge in [-0.1, -0.05) is 12.8 Å². The number of sulfonamides is 1. The minimum atomic E-state index is -3.27. The summed E-state index contributed by atoms with van der Waals surface area (Å²) >= 11 is 0. The summed E-state index contributed by atoms with van der Waals surface area (Å²) in [6, 6.07) is 5.40. The van der Waals surface area contributed by atoms with Crippen LogP contribution >= 0.6 is 0 Å². The van der Waals surface area contributed by atoms with Crippen LogP contribution in [0.5, 0.6) is 0 Å².